The Bertz CT molecular complexity index is 1060. The van der Waals surface area contributed by atoms with E-state index in [4.69, 9.17) is 9.72 Å². The first-order valence-corrected chi connectivity index (χ1v) is 13.7. The van der Waals surface area contributed by atoms with Gasteiger partial charge in [0.1, 0.15) is 5.82 Å². The number of benzene rings is 1. The molecule has 6 heteroatoms. The molecular formula is C30H42N4O2. The van der Waals surface area contributed by atoms with Gasteiger partial charge in [-0.2, -0.15) is 0 Å². The van der Waals surface area contributed by atoms with Crippen LogP contribution in [0.1, 0.15) is 67.2 Å². The van der Waals surface area contributed by atoms with Crippen molar-refractivity contribution in [2.45, 2.75) is 83.0 Å². The van der Waals surface area contributed by atoms with Gasteiger partial charge in [0.15, 0.2) is 0 Å². The number of carbonyl (C=O) groups is 1. The molecule has 1 aliphatic carbocycles. The van der Waals surface area contributed by atoms with Crippen LogP contribution < -0.4 is 5.32 Å². The fourth-order valence-corrected chi connectivity index (χ4v) is 6.51. The van der Waals surface area contributed by atoms with Crippen molar-refractivity contribution in [1.29, 1.82) is 0 Å². The van der Waals surface area contributed by atoms with Crippen LogP contribution >= 0.6 is 0 Å². The van der Waals surface area contributed by atoms with Crippen LogP contribution in [0.3, 0.4) is 0 Å². The molecule has 0 radical (unpaired) electrons. The van der Waals surface area contributed by atoms with Gasteiger partial charge in [0.2, 0.25) is 5.91 Å². The molecule has 1 unspecified atom stereocenters. The van der Waals surface area contributed by atoms with Crippen molar-refractivity contribution in [2.75, 3.05) is 32.6 Å². The summed E-state index contributed by atoms with van der Waals surface area (Å²) in [4.78, 5) is 23.3. The lowest BCUT2D eigenvalue weighted by Gasteiger charge is -2.42. The smallest absolute Gasteiger partial charge is 0.226 e. The maximum Gasteiger partial charge on any atom is 0.226 e. The zero-order valence-electron chi connectivity index (χ0n) is 22.4. The Morgan fingerprint density at radius 1 is 1.11 bits per heavy atom. The summed E-state index contributed by atoms with van der Waals surface area (Å²) in [6.45, 7) is 6.91. The van der Waals surface area contributed by atoms with E-state index in [1.54, 1.807) is 0 Å². The van der Waals surface area contributed by atoms with Gasteiger partial charge in [0.05, 0.1) is 6.10 Å². The number of anilines is 1. The van der Waals surface area contributed by atoms with E-state index in [0.29, 0.717) is 24.6 Å². The van der Waals surface area contributed by atoms with Crippen LogP contribution in [0.25, 0.3) is 0 Å². The quantitative estimate of drug-likeness (QED) is 0.654. The first-order chi connectivity index (χ1) is 17.4. The van der Waals surface area contributed by atoms with Crippen molar-refractivity contribution < 1.29 is 9.53 Å². The number of rotatable bonds is 5. The number of likely N-dealkylation sites (N-methyl/N-ethyl adjacent to an activating group) is 1. The number of hydrogen-bond donors (Lipinski definition) is 1. The van der Waals surface area contributed by atoms with Crippen molar-refractivity contribution in [3.05, 3.63) is 58.8 Å². The topological polar surface area (TPSA) is 57.7 Å². The monoisotopic (exact) mass is 490 g/mol. The number of likely N-dealkylation sites (tertiary alicyclic amines) is 1. The van der Waals surface area contributed by atoms with Gasteiger partial charge in [-0.1, -0.05) is 29.8 Å². The van der Waals surface area contributed by atoms with Crippen LogP contribution in [0, 0.1) is 12.8 Å². The van der Waals surface area contributed by atoms with E-state index in [-0.39, 0.29) is 17.9 Å². The zero-order chi connectivity index (χ0) is 25.2. The summed E-state index contributed by atoms with van der Waals surface area (Å²) in [5.74, 6) is 1.52. The van der Waals surface area contributed by atoms with Crippen LogP contribution in [0.2, 0.25) is 0 Å². The van der Waals surface area contributed by atoms with E-state index in [1.807, 2.05) is 13.3 Å². The molecule has 36 heavy (non-hydrogen) atoms. The Morgan fingerprint density at radius 2 is 1.92 bits per heavy atom. The molecule has 1 amide bonds. The van der Waals surface area contributed by atoms with E-state index >= 15 is 0 Å². The molecule has 2 aliphatic heterocycles. The highest BCUT2D eigenvalue weighted by molar-refractivity contribution is 5.81. The Balaban J connectivity index is 1.31. The van der Waals surface area contributed by atoms with Crippen molar-refractivity contribution in [3.8, 4) is 0 Å². The minimum Gasteiger partial charge on any atom is -0.381 e. The van der Waals surface area contributed by atoms with Crippen molar-refractivity contribution in [2.24, 2.45) is 5.92 Å². The number of aryl methyl sites for hydroxylation is 1. The average molecular weight is 491 g/mol. The number of nitrogens with one attached hydrogen (secondary N) is 1. The molecule has 1 saturated carbocycles. The maximum atomic E-state index is 14.1. The first-order valence-electron chi connectivity index (χ1n) is 13.7. The summed E-state index contributed by atoms with van der Waals surface area (Å²) in [6.07, 6.45) is 8.61. The van der Waals surface area contributed by atoms with E-state index in [1.165, 1.54) is 22.3 Å². The number of piperidine rings is 1. The largest absolute Gasteiger partial charge is 0.381 e. The van der Waals surface area contributed by atoms with Crippen molar-refractivity contribution in [1.82, 2.24) is 14.8 Å². The van der Waals surface area contributed by atoms with Crippen LogP contribution in [0.5, 0.6) is 0 Å². The van der Waals surface area contributed by atoms with E-state index in [0.717, 1.165) is 57.4 Å². The molecule has 6 nitrogen and oxygen atoms in total. The van der Waals surface area contributed by atoms with Crippen molar-refractivity contribution >= 4 is 11.7 Å². The molecular weight excluding hydrogens is 448 g/mol. The van der Waals surface area contributed by atoms with E-state index in [2.05, 4.69) is 66.3 Å². The summed E-state index contributed by atoms with van der Waals surface area (Å²) in [6, 6.07) is 11.6. The highest BCUT2D eigenvalue weighted by atomic mass is 16.5. The predicted octanol–water partition coefficient (Wildman–Crippen LogP) is 4.77. The van der Waals surface area contributed by atoms with Gasteiger partial charge in [-0.15, -0.1) is 0 Å². The second-order valence-electron chi connectivity index (χ2n) is 11.4. The Labute approximate surface area is 216 Å². The highest BCUT2D eigenvalue weighted by Crippen LogP contribution is 2.36. The molecule has 0 spiro atoms. The molecule has 1 N–H and O–H groups in total. The number of carbonyl (C=O) groups excluding carboxylic acids is 1. The Hall–Kier alpha value is -2.44. The molecule has 194 valence electrons. The summed E-state index contributed by atoms with van der Waals surface area (Å²) in [5.41, 5.74) is 5.07. The minimum atomic E-state index is 0.0300. The van der Waals surface area contributed by atoms with E-state index in [9.17, 15) is 4.79 Å². The standard InChI is InChI=1S/C30H42N4O2/c1-20-6-5-7-22(14-20)28-19-33(3)13-12-27(28)30(35)34-18-24-16-29(31-17-23(24)15-21(34)2)32-25-8-10-26(36-4)11-9-25/h5-7,14,16-17,21,25-28H,8-13,15,18-19H2,1-4H3,(H,31,32)/t21-,25?,26?,27?,28-/m0/s1. The van der Waals surface area contributed by atoms with Crippen LogP contribution in [-0.2, 0) is 22.5 Å². The number of pyridine rings is 1. The highest BCUT2D eigenvalue weighted by Gasteiger charge is 2.39. The summed E-state index contributed by atoms with van der Waals surface area (Å²) in [5, 5.41) is 3.66. The van der Waals surface area contributed by atoms with Gasteiger partial charge in [0.25, 0.3) is 0 Å². The molecule has 1 aromatic carbocycles. The van der Waals surface area contributed by atoms with Crippen molar-refractivity contribution in [3.63, 3.8) is 0 Å². The lowest BCUT2D eigenvalue weighted by Crippen LogP contribution is -2.50. The van der Waals surface area contributed by atoms with Gasteiger partial charge >= 0.3 is 0 Å². The predicted molar refractivity (Wildman–Crippen MR) is 144 cm³/mol. The molecule has 5 rings (SSSR count). The third-order valence-electron chi connectivity index (χ3n) is 8.72. The third kappa shape index (κ3) is 5.45. The van der Waals surface area contributed by atoms with Crippen LogP contribution in [0.4, 0.5) is 5.82 Å². The number of hydrogen-bond acceptors (Lipinski definition) is 5. The first kappa shape index (κ1) is 25.2. The van der Waals surface area contributed by atoms with E-state index < -0.39 is 0 Å². The average Bonchev–Trinajstić information content (AvgIpc) is 2.88. The normalized spacial score (nSPS) is 29.0. The van der Waals surface area contributed by atoms with Gasteiger partial charge in [-0.3, -0.25) is 4.79 Å². The molecule has 1 aromatic heterocycles. The summed E-state index contributed by atoms with van der Waals surface area (Å²) >= 11 is 0. The summed E-state index contributed by atoms with van der Waals surface area (Å²) < 4.78 is 5.52. The lowest BCUT2D eigenvalue weighted by molar-refractivity contribution is -0.141. The second kappa shape index (κ2) is 10.9. The van der Waals surface area contributed by atoms with Gasteiger partial charge in [-0.25, -0.2) is 4.98 Å². The maximum absolute atomic E-state index is 14.1. The Morgan fingerprint density at radius 3 is 2.67 bits per heavy atom. The minimum absolute atomic E-state index is 0.0300. The number of nitrogens with zero attached hydrogens (tertiary/aromatic N) is 3. The number of aromatic nitrogens is 1. The third-order valence-corrected chi connectivity index (χ3v) is 8.72. The number of fused-ring (bicyclic) bond motifs is 1. The number of methoxy groups -OCH3 is 1. The van der Waals surface area contributed by atoms with Crippen LogP contribution in [-0.4, -0.2) is 66.1 Å². The fraction of sp³-hybridized carbons (Fsp3) is 0.600. The SMILES string of the molecule is COC1CCC(Nc2cc3c(cn2)C[C@H](C)N(C(=O)C2CCN(C)C[C@H]2c2cccc(C)c2)C3)CC1. The molecule has 3 atom stereocenters. The molecule has 0 bridgehead atoms. The lowest BCUT2D eigenvalue weighted by atomic mass is 9.79. The summed E-state index contributed by atoms with van der Waals surface area (Å²) in [7, 11) is 3.98. The van der Waals surface area contributed by atoms with Gasteiger partial charge < -0.3 is 19.9 Å². The molecule has 1 saturated heterocycles. The van der Waals surface area contributed by atoms with Gasteiger partial charge in [-0.05, 0) is 88.7 Å². The molecule has 3 aliphatic rings. The molecule has 2 aromatic rings. The fourth-order valence-electron chi connectivity index (χ4n) is 6.51. The molecule has 3 heterocycles. The van der Waals surface area contributed by atoms with Gasteiger partial charge in [0, 0.05) is 50.3 Å². The Kier molecular flexibility index (Phi) is 7.63. The number of ether oxygens (including phenoxy) is 1. The molecule has 2 fully saturated rings. The van der Waals surface area contributed by atoms with Crippen LogP contribution in [0.15, 0.2) is 36.5 Å². The second-order valence-corrected chi connectivity index (χ2v) is 11.4. The zero-order valence-corrected chi connectivity index (χ0v) is 22.4. The number of amides is 1.